The van der Waals surface area contributed by atoms with Gasteiger partial charge in [-0.3, -0.25) is 0 Å². The molecule has 0 aliphatic carbocycles. The summed E-state index contributed by atoms with van der Waals surface area (Å²) in [6.07, 6.45) is 2.58. The van der Waals surface area contributed by atoms with E-state index < -0.39 is 0 Å². The zero-order valence-electron chi connectivity index (χ0n) is 10.5. The van der Waals surface area contributed by atoms with Gasteiger partial charge in [0.2, 0.25) is 0 Å². The van der Waals surface area contributed by atoms with Crippen molar-refractivity contribution >= 4 is 5.82 Å². The van der Waals surface area contributed by atoms with Crippen molar-refractivity contribution in [2.75, 3.05) is 18.0 Å². The predicted molar refractivity (Wildman–Crippen MR) is 68.8 cm³/mol. The molecule has 3 unspecified atom stereocenters. The van der Waals surface area contributed by atoms with Crippen molar-refractivity contribution in [1.82, 2.24) is 4.98 Å². The quantitative estimate of drug-likeness (QED) is 0.829. The maximum absolute atomic E-state index is 9.62. The number of anilines is 1. The summed E-state index contributed by atoms with van der Waals surface area (Å²) in [6, 6.07) is 3.94. The Hall–Kier alpha value is -1.13. The first kappa shape index (κ1) is 12.3. The molecule has 1 fully saturated rings. The highest BCUT2D eigenvalue weighted by Crippen LogP contribution is 2.28. The number of hydrogen-bond acceptors (Lipinski definition) is 4. The van der Waals surface area contributed by atoms with Gasteiger partial charge in [0.15, 0.2) is 0 Å². The molecule has 0 spiro atoms. The maximum atomic E-state index is 9.62. The summed E-state index contributed by atoms with van der Waals surface area (Å²) in [4.78, 5) is 6.67. The summed E-state index contributed by atoms with van der Waals surface area (Å²) in [5.41, 5.74) is 7.04. The van der Waals surface area contributed by atoms with E-state index in [1.54, 1.807) is 6.20 Å². The summed E-state index contributed by atoms with van der Waals surface area (Å²) < 4.78 is 0. The lowest BCUT2D eigenvalue weighted by Crippen LogP contribution is -2.26. The van der Waals surface area contributed by atoms with Gasteiger partial charge < -0.3 is 15.7 Å². The van der Waals surface area contributed by atoms with Gasteiger partial charge in [-0.1, -0.05) is 6.07 Å². The first-order chi connectivity index (χ1) is 8.09. The van der Waals surface area contributed by atoms with E-state index in [-0.39, 0.29) is 12.1 Å². The number of aliphatic hydroxyl groups excluding tert-OH is 1. The Kier molecular flexibility index (Phi) is 3.64. The zero-order chi connectivity index (χ0) is 12.4. The second-order valence-corrected chi connectivity index (χ2v) is 4.94. The van der Waals surface area contributed by atoms with Crippen molar-refractivity contribution < 1.29 is 5.11 Å². The molecule has 1 aliphatic heterocycles. The van der Waals surface area contributed by atoms with Gasteiger partial charge in [-0.15, -0.1) is 0 Å². The van der Waals surface area contributed by atoms with Gasteiger partial charge in [0, 0.05) is 36.8 Å². The number of aromatic nitrogens is 1. The second-order valence-electron chi connectivity index (χ2n) is 4.94. The third kappa shape index (κ3) is 2.58. The summed E-state index contributed by atoms with van der Waals surface area (Å²) in [6.45, 7) is 5.66. The fourth-order valence-electron chi connectivity index (χ4n) is 2.40. The van der Waals surface area contributed by atoms with Crippen LogP contribution in [0.15, 0.2) is 18.3 Å². The van der Waals surface area contributed by atoms with Crippen molar-refractivity contribution in [2.45, 2.75) is 32.4 Å². The predicted octanol–water partition coefficient (Wildman–Crippen LogP) is 1.31. The number of aliphatic hydroxyl groups is 1. The standard InChI is InChI=1S/C13H21N3O/c1-9(14)12-4-3-6-15-13(12)16-7-5-11(8-16)10(2)17/h3-4,6,9-11,17H,5,7-8,14H2,1-2H3. The van der Waals surface area contributed by atoms with Crippen LogP contribution in [0.4, 0.5) is 5.82 Å². The molecule has 1 aromatic rings. The van der Waals surface area contributed by atoms with E-state index in [2.05, 4.69) is 9.88 Å². The molecule has 3 N–H and O–H groups in total. The molecule has 94 valence electrons. The van der Waals surface area contributed by atoms with Gasteiger partial charge in [0.05, 0.1) is 6.10 Å². The largest absolute Gasteiger partial charge is 0.393 e. The van der Waals surface area contributed by atoms with Gasteiger partial charge in [-0.25, -0.2) is 4.98 Å². The van der Waals surface area contributed by atoms with Crippen molar-refractivity contribution in [2.24, 2.45) is 11.7 Å². The van der Waals surface area contributed by atoms with E-state index in [0.29, 0.717) is 5.92 Å². The maximum Gasteiger partial charge on any atom is 0.133 e. The summed E-state index contributed by atoms with van der Waals surface area (Å²) in [5, 5.41) is 9.62. The van der Waals surface area contributed by atoms with E-state index >= 15 is 0 Å². The minimum absolute atomic E-state index is 0.00991. The fourth-order valence-corrected chi connectivity index (χ4v) is 2.40. The average molecular weight is 235 g/mol. The Bertz CT molecular complexity index is 379. The van der Waals surface area contributed by atoms with Gasteiger partial charge in [-0.05, 0) is 26.3 Å². The number of rotatable bonds is 3. The van der Waals surface area contributed by atoms with Crippen LogP contribution >= 0.6 is 0 Å². The highest BCUT2D eigenvalue weighted by atomic mass is 16.3. The van der Waals surface area contributed by atoms with Gasteiger partial charge >= 0.3 is 0 Å². The van der Waals surface area contributed by atoms with Crippen LogP contribution in [0.25, 0.3) is 0 Å². The highest BCUT2D eigenvalue weighted by Gasteiger charge is 2.28. The molecule has 0 aromatic carbocycles. The Balaban J connectivity index is 2.18. The SMILES string of the molecule is CC(N)c1cccnc1N1CCC(C(C)O)C1. The molecule has 3 atom stereocenters. The lowest BCUT2D eigenvalue weighted by molar-refractivity contribution is 0.136. The molecule has 0 saturated carbocycles. The van der Waals surface area contributed by atoms with E-state index in [1.165, 1.54) is 0 Å². The Morgan fingerprint density at radius 3 is 2.88 bits per heavy atom. The number of hydrogen-bond donors (Lipinski definition) is 2. The van der Waals surface area contributed by atoms with Crippen molar-refractivity contribution in [3.05, 3.63) is 23.9 Å². The summed E-state index contributed by atoms with van der Waals surface area (Å²) in [5.74, 6) is 1.32. The van der Waals surface area contributed by atoms with Crippen LogP contribution in [-0.2, 0) is 0 Å². The fraction of sp³-hybridized carbons (Fsp3) is 0.615. The summed E-state index contributed by atoms with van der Waals surface area (Å²) in [7, 11) is 0. The minimum atomic E-state index is -0.248. The number of nitrogens with zero attached hydrogens (tertiary/aromatic N) is 2. The molecule has 2 rings (SSSR count). The Morgan fingerprint density at radius 1 is 1.53 bits per heavy atom. The average Bonchev–Trinajstić information content (AvgIpc) is 2.78. The molecule has 0 radical (unpaired) electrons. The lowest BCUT2D eigenvalue weighted by Gasteiger charge is -2.22. The van der Waals surface area contributed by atoms with Crippen LogP contribution in [0.3, 0.4) is 0 Å². The monoisotopic (exact) mass is 235 g/mol. The third-order valence-electron chi connectivity index (χ3n) is 3.51. The molecule has 1 aromatic heterocycles. The van der Waals surface area contributed by atoms with Crippen molar-refractivity contribution in [3.63, 3.8) is 0 Å². The topological polar surface area (TPSA) is 62.4 Å². The van der Waals surface area contributed by atoms with E-state index in [4.69, 9.17) is 5.73 Å². The van der Waals surface area contributed by atoms with E-state index in [9.17, 15) is 5.11 Å². The van der Waals surface area contributed by atoms with Crippen LogP contribution in [0.1, 0.15) is 31.9 Å². The molecule has 0 bridgehead atoms. The van der Waals surface area contributed by atoms with Crippen molar-refractivity contribution in [1.29, 1.82) is 0 Å². The van der Waals surface area contributed by atoms with Gasteiger partial charge in [0.25, 0.3) is 0 Å². The zero-order valence-corrected chi connectivity index (χ0v) is 10.5. The Labute approximate surface area is 102 Å². The molecule has 1 aliphatic rings. The first-order valence-electron chi connectivity index (χ1n) is 6.23. The van der Waals surface area contributed by atoms with Crippen LogP contribution in [0.5, 0.6) is 0 Å². The first-order valence-corrected chi connectivity index (χ1v) is 6.23. The molecule has 2 heterocycles. The Morgan fingerprint density at radius 2 is 2.29 bits per heavy atom. The minimum Gasteiger partial charge on any atom is -0.393 e. The molecular formula is C13H21N3O. The van der Waals surface area contributed by atoms with Crippen LogP contribution in [0.2, 0.25) is 0 Å². The molecule has 4 nitrogen and oxygen atoms in total. The van der Waals surface area contributed by atoms with Crippen LogP contribution in [0, 0.1) is 5.92 Å². The highest BCUT2D eigenvalue weighted by molar-refractivity contribution is 5.49. The molecule has 0 amide bonds. The van der Waals surface area contributed by atoms with Crippen LogP contribution < -0.4 is 10.6 Å². The molecular weight excluding hydrogens is 214 g/mol. The van der Waals surface area contributed by atoms with Gasteiger partial charge in [-0.2, -0.15) is 0 Å². The molecule has 1 saturated heterocycles. The second kappa shape index (κ2) is 5.02. The van der Waals surface area contributed by atoms with Crippen LogP contribution in [-0.4, -0.2) is 29.3 Å². The van der Waals surface area contributed by atoms with E-state index in [0.717, 1.165) is 30.9 Å². The van der Waals surface area contributed by atoms with E-state index in [1.807, 2.05) is 26.0 Å². The molecule has 17 heavy (non-hydrogen) atoms. The summed E-state index contributed by atoms with van der Waals surface area (Å²) >= 11 is 0. The third-order valence-corrected chi connectivity index (χ3v) is 3.51. The molecule has 4 heteroatoms. The normalized spacial score (nSPS) is 23.8. The lowest BCUT2D eigenvalue weighted by atomic mass is 10.0. The van der Waals surface area contributed by atoms with Crippen molar-refractivity contribution in [3.8, 4) is 0 Å². The number of pyridine rings is 1. The smallest absolute Gasteiger partial charge is 0.133 e. The van der Waals surface area contributed by atoms with Gasteiger partial charge in [0.1, 0.15) is 5.82 Å². The number of nitrogens with two attached hydrogens (primary N) is 1.